The highest BCUT2D eigenvalue weighted by molar-refractivity contribution is 5.73. The zero-order valence-corrected chi connectivity index (χ0v) is 18.2. The van der Waals surface area contributed by atoms with Crippen LogP contribution in [0.25, 0.3) is 45.2 Å². The minimum Gasteiger partial charge on any atom is -0.256 e. The Hall–Kier alpha value is -4.11. The maximum absolute atomic E-state index is 4.92. The van der Waals surface area contributed by atoms with Gasteiger partial charge in [-0.25, -0.2) is 9.97 Å². The fraction of sp³-hybridized carbons (Fsp3) is 0.0690. The molecular formula is C29H23N3. The van der Waals surface area contributed by atoms with E-state index < -0.39 is 0 Å². The number of benzene rings is 3. The summed E-state index contributed by atoms with van der Waals surface area (Å²) in [7, 11) is 0. The molecule has 0 atom stereocenters. The van der Waals surface area contributed by atoms with Gasteiger partial charge in [0, 0.05) is 28.5 Å². The van der Waals surface area contributed by atoms with Crippen LogP contribution in [-0.4, -0.2) is 15.0 Å². The Morgan fingerprint density at radius 3 is 1.44 bits per heavy atom. The van der Waals surface area contributed by atoms with Crippen LogP contribution in [0.5, 0.6) is 0 Å². The largest absolute Gasteiger partial charge is 0.256 e. The van der Waals surface area contributed by atoms with Crippen LogP contribution in [0, 0.1) is 13.8 Å². The van der Waals surface area contributed by atoms with E-state index in [-0.39, 0.29) is 0 Å². The van der Waals surface area contributed by atoms with Crippen LogP contribution in [0.2, 0.25) is 0 Å². The van der Waals surface area contributed by atoms with Gasteiger partial charge in [-0.3, -0.25) is 4.98 Å². The molecule has 3 heteroatoms. The van der Waals surface area contributed by atoms with E-state index in [1.807, 2.05) is 24.4 Å². The summed E-state index contributed by atoms with van der Waals surface area (Å²) in [5.41, 5.74) is 9.46. The van der Waals surface area contributed by atoms with E-state index in [0.717, 1.165) is 39.3 Å². The van der Waals surface area contributed by atoms with Gasteiger partial charge in [-0.2, -0.15) is 0 Å². The number of aryl methyl sites for hydroxylation is 2. The maximum atomic E-state index is 4.92. The topological polar surface area (TPSA) is 38.7 Å². The van der Waals surface area contributed by atoms with E-state index in [4.69, 9.17) is 9.97 Å². The summed E-state index contributed by atoms with van der Waals surface area (Å²) in [6.45, 7) is 4.19. The van der Waals surface area contributed by atoms with E-state index in [0.29, 0.717) is 5.82 Å². The molecule has 0 fully saturated rings. The van der Waals surface area contributed by atoms with Crippen molar-refractivity contribution in [3.8, 4) is 45.2 Å². The highest BCUT2D eigenvalue weighted by atomic mass is 14.9. The van der Waals surface area contributed by atoms with Gasteiger partial charge in [-0.15, -0.1) is 0 Å². The van der Waals surface area contributed by atoms with Crippen molar-refractivity contribution in [3.05, 3.63) is 114 Å². The third-order valence-corrected chi connectivity index (χ3v) is 5.52. The van der Waals surface area contributed by atoms with Crippen molar-refractivity contribution in [2.75, 3.05) is 0 Å². The maximum Gasteiger partial charge on any atom is 0.160 e. The summed E-state index contributed by atoms with van der Waals surface area (Å²) in [4.78, 5) is 14.3. The van der Waals surface area contributed by atoms with Gasteiger partial charge in [0.25, 0.3) is 0 Å². The molecular weight excluding hydrogens is 390 g/mol. The van der Waals surface area contributed by atoms with Gasteiger partial charge in [0.1, 0.15) is 0 Å². The summed E-state index contributed by atoms with van der Waals surface area (Å²) in [5.74, 6) is 0.714. The fourth-order valence-corrected chi connectivity index (χ4v) is 3.64. The van der Waals surface area contributed by atoms with Crippen molar-refractivity contribution in [2.24, 2.45) is 0 Å². The van der Waals surface area contributed by atoms with E-state index >= 15 is 0 Å². The molecule has 0 spiro atoms. The summed E-state index contributed by atoms with van der Waals surface area (Å²) in [5, 5.41) is 0. The second-order valence-corrected chi connectivity index (χ2v) is 7.99. The lowest BCUT2D eigenvalue weighted by molar-refractivity contribution is 1.18. The van der Waals surface area contributed by atoms with Gasteiger partial charge in [0.2, 0.25) is 0 Å². The van der Waals surface area contributed by atoms with Gasteiger partial charge in [-0.1, -0.05) is 90.0 Å². The summed E-state index contributed by atoms with van der Waals surface area (Å²) in [6.07, 6.45) is 1.81. The van der Waals surface area contributed by atoms with E-state index in [9.17, 15) is 0 Å². The third-order valence-electron chi connectivity index (χ3n) is 5.52. The molecule has 2 aromatic heterocycles. The molecule has 2 heterocycles. The number of pyridine rings is 1. The molecule has 0 amide bonds. The Morgan fingerprint density at radius 1 is 0.469 bits per heavy atom. The lowest BCUT2D eigenvalue weighted by Crippen LogP contribution is -1.96. The van der Waals surface area contributed by atoms with E-state index in [2.05, 4.69) is 97.7 Å². The minimum absolute atomic E-state index is 0.714. The smallest absolute Gasteiger partial charge is 0.160 e. The molecule has 0 unspecified atom stereocenters. The van der Waals surface area contributed by atoms with Crippen LogP contribution in [0.1, 0.15) is 11.1 Å². The molecule has 5 aromatic rings. The van der Waals surface area contributed by atoms with Crippen LogP contribution >= 0.6 is 0 Å². The zero-order valence-electron chi connectivity index (χ0n) is 18.2. The summed E-state index contributed by atoms with van der Waals surface area (Å²) in [6, 6.07) is 33.2. The van der Waals surface area contributed by atoms with Crippen molar-refractivity contribution in [3.63, 3.8) is 0 Å². The first-order valence-corrected chi connectivity index (χ1v) is 10.7. The van der Waals surface area contributed by atoms with Crippen molar-refractivity contribution < 1.29 is 0 Å². The predicted molar refractivity (Wildman–Crippen MR) is 131 cm³/mol. The Kier molecular flexibility index (Phi) is 5.30. The van der Waals surface area contributed by atoms with Crippen LogP contribution in [-0.2, 0) is 0 Å². The van der Waals surface area contributed by atoms with Crippen molar-refractivity contribution in [1.82, 2.24) is 15.0 Å². The lowest BCUT2D eigenvalue weighted by Gasteiger charge is -2.10. The first kappa shape index (κ1) is 19.8. The van der Waals surface area contributed by atoms with Gasteiger partial charge in [-0.05, 0) is 32.0 Å². The number of rotatable bonds is 4. The van der Waals surface area contributed by atoms with Gasteiger partial charge >= 0.3 is 0 Å². The standard InChI is InChI=1S/C29H23N3/c1-20-6-10-23(11-7-20)27-19-28(24-12-8-21(2)9-13-24)32-29(31-27)25-16-14-22(15-17-25)26-5-3-4-18-30-26/h3-19H,1-2H3. The summed E-state index contributed by atoms with van der Waals surface area (Å²) < 4.78 is 0. The third kappa shape index (κ3) is 4.19. The molecule has 3 nitrogen and oxygen atoms in total. The molecule has 0 radical (unpaired) electrons. The first-order valence-electron chi connectivity index (χ1n) is 10.7. The average molecular weight is 414 g/mol. The molecule has 0 N–H and O–H groups in total. The number of hydrogen-bond acceptors (Lipinski definition) is 3. The molecule has 0 aliphatic carbocycles. The molecule has 0 aliphatic heterocycles. The SMILES string of the molecule is Cc1ccc(-c2cc(-c3ccc(C)cc3)nc(-c3ccc(-c4ccccn4)cc3)n2)cc1. The fourth-order valence-electron chi connectivity index (χ4n) is 3.64. The molecule has 5 rings (SSSR count). The number of nitrogens with zero attached hydrogens (tertiary/aromatic N) is 3. The first-order chi connectivity index (χ1) is 15.7. The predicted octanol–water partition coefficient (Wildman–Crippen LogP) is 7.16. The van der Waals surface area contributed by atoms with Crippen molar-refractivity contribution >= 4 is 0 Å². The van der Waals surface area contributed by atoms with Crippen molar-refractivity contribution in [1.29, 1.82) is 0 Å². The van der Waals surface area contributed by atoms with Crippen LogP contribution in [0.4, 0.5) is 0 Å². The zero-order chi connectivity index (χ0) is 21.9. The molecule has 3 aromatic carbocycles. The van der Waals surface area contributed by atoms with E-state index in [1.165, 1.54) is 11.1 Å². The molecule has 32 heavy (non-hydrogen) atoms. The lowest BCUT2D eigenvalue weighted by atomic mass is 10.0. The van der Waals surface area contributed by atoms with Gasteiger partial charge in [0.05, 0.1) is 17.1 Å². The Labute approximate surface area is 188 Å². The highest BCUT2D eigenvalue weighted by Crippen LogP contribution is 2.29. The van der Waals surface area contributed by atoms with Crippen LogP contribution in [0.3, 0.4) is 0 Å². The normalized spacial score (nSPS) is 10.8. The Balaban J connectivity index is 1.60. The quantitative estimate of drug-likeness (QED) is 0.314. The molecule has 154 valence electrons. The van der Waals surface area contributed by atoms with Crippen LogP contribution < -0.4 is 0 Å². The number of hydrogen-bond donors (Lipinski definition) is 0. The molecule has 0 saturated carbocycles. The minimum atomic E-state index is 0.714. The average Bonchev–Trinajstić information content (AvgIpc) is 2.85. The molecule has 0 saturated heterocycles. The monoisotopic (exact) mass is 413 g/mol. The molecule has 0 aliphatic rings. The van der Waals surface area contributed by atoms with Gasteiger partial charge in [0.15, 0.2) is 5.82 Å². The second-order valence-electron chi connectivity index (χ2n) is 7.99. The Bertz CT molecular complexity index is 1280. The highest BCUT2D eigenvalue weighted by Gasteiger charge is 2.11. The molecule has 0 bridgehead atoms. The van der Waals surface area contributed by atoms with Gasteiger partial charge < -0.3 is 0 Å². The number of aromatic nitrogens is 3. The Morgan fingerprint density at radius 2 is 0.938 bits per heavy atom. The summed E-state index contributed by atoms with van der Waals surface area (Å²) >= 11 is 0. The van der Waals surface area contributed by atoms with E-state index in [1.54, 1.807) is 0 Å². The second kappa shape index (κ2) is 8.56. The van der Waals surface area contributed by atoms with Crippen LogP contribution in [0.15, 0.2) is 103 Å². The van der Waals surface area contributed by atoms with Crippen molar-refractivity contribution in [2.45, 2.75) is 13.8 Å².